The van der Waals surface area contributed by atoms with E-state index in [-0.39, 0.29) is 12.4 Å². The second-order valence-electron chi connectivity index (χ2n) is 4.13. The van der Waals surface area contributed by atoms with Gasteiger partial charge in [0, 0.05) is 5.75 Å². The van der Waals surface area contributed by atoms with Gasteiger partial charge in [-0.2, -0.15) is 0 Å². The Bertz CT molecular complexity index is 250. The van der Waals surface area contributed by atoms with Gasteiger partial charge in [-0.05, 0) is 39.5 Å². The Balaban J connectivity index is 3.88. The Kier molecular flexibility index (Phi) is 6.43. The number of hydrogen-bond donors (Lipinski definition) is 1. The van der Waals surface area contributed by atoms with Crippen molar-refractivity contribution in [3.8, 4) is 0 Å². The highest BCUT2D eigenvalue weighted by atomic mass is 32.2. The molecule has 0 bridgehead atoms. The molecule has 94 valence electrons. The smallest absolute Gasteiger partial charge is 0.367 e. The zero-order chi connectivity index (χ0) is 12.8. The number of hydrogen-bond acceptors (Lipinski definition) is 6. The molecule has 0 aliphatic rings. The van der Waals surface area contributed by atoms with E-state index in [1.165, 1.54) is 0 Å². The molecular formula is C10H19NO4S. The molecule has 16 heavy (non-hydrogen) atoms. The van der Waals surface area contributed by atoms with E-state index >= 15 is 0 Å². The minimum absolute atomic E-state index is 0.160. The first kappa shape index (κ1) is 15.2. The second kappa shape index (κ2) is 6.75. The number of rotatable bonds is 4. The second-order valence-corrected chi connectivity index (χ2v) is 5.09. The first-order valence-corrected chi connectivity index (χ1v) is 6.03. The Morgan fingerprint density at radius 1 is 1.38 bits per heavy atom. The standard InChI is InChI=1S/C10H19NO4S/c1-5-14-8(12)7(11)6-16-9(13)15-10(2,3)4/h7H,5-6,11H2,1-4H3/t7-/m0/s1. The molecule has 0 aromatic rings. The van der Waals surface area contributed by atoms with E-state index in [4.69, 9.17) is 15.2 Å². The Labute approximate surface area is 100 Å². The quantitative estimate of drug-likeness (QED) is 0.761. The number of ether oxygens (including phenoxy) is 2. The van der Waals surface area contributed by atoms with Crippen molar-refractivity contribution in [3.05, 3.63) is 0 Å². The summed E-state index contributed by atoms with van der Waals surface area (Å²) in [5.41, 5.74) is 4.98. The molecule has 0 rings (SSSR count). The molecule has 0 saturated heterocycles. The van der Waals surface area contributed by atoms with Crippen LogP contribution in [-0.2, 0) is 14.3 Å². The molecule has 0 aliphatic heterocycles. The van der Waals surface area contributed by atoms with Crippen molar-refractivity contribution in [1.29, 1.82) is 0 Å². The van der Waals surface area contributed by atoms with Crippen molar-refractivity contribution in [1.82, 2.24) is 0 Å². The number of carbonyl (C=O) groups excluding carboxylic acids is 2. The van der Waals surface area contributed by atoms with Gasteiger partial charge >= 0.3 is 11.3 Å². The predicted molar refractivity (Wildman–Crippen MR) is 63.3 cm³/mol. The lowest BCUT2D eigenvalue weighted by Gasteiger charge is -2.19. The van der Waals surface area contributed by atoms with Gasteiger partial charge in [0.2, 0.25) is 0 Å². The van der Waals surface area contributed by atoms with E-state index in [0.29, 0.717) is 0 Å². The van der Waals surface area contributed by atoms with Crippen LogP contribution < -0.4 is 5.73 Å². The van der Waals surface area contributed by atoms with Crippen molar-refractivity contribution in [2.45, 2.75) is 39.3 Å². The average molecular weight is 249 g/mol. The summed E-state index contributed by atoms with van der Waals surface area (Å²) in [5.74, 6) is -0.341. The van der Waals surface area contributed by atoms with Crippen LogP contribution in [-0.4, -0.2) is 35.3 Å². The highest BCUT2D eigenvalue weighted by Gasteiger charge is 2.20. The fraction of sp³-hybridized carbons (Fsp3) is 0.800. The van der Waals surface area contributed by atoms with Gasteiger partial charge in [0.1, 0.15) is 11.6 Å². The van der Waals surface area contributed by atoms with Crippen LogP contribution in [0.4, 0.5) is 4.79 Å². The van der Waals surface area contributed by atoms with Gasteiger partial charge in [0.25, 0.3) is 0 Å². The highest BCUT2D eigenvalue weighted by molar-refractivity contribution is 8.13. The molecule has 6 heteroatoms. The zero-order valence-electron chi connectivity index (χ0n) is 10.1. The molecule has 1 atom stereocenters. The van der Waals surface area contributed by atoms with E-state index in [2.05, 4.69) is 0 Å². The molecule has 0 aromatic heterocycles. The number of thioether (sulfide) groups is 1. The molecule has 0 radical (unpaired) electrons. The van der Waals surface area contributed by atoms with Crippen LogP contribution in [0.25, 0.3) is 0 Å². The van der Waals surface area contributed by atoms with Crippen LogP contribution in [0.1, 0.15) is 27.7 Å². The van der Waals surface area contributed by atoms with E-state index in [1.54, 1.807) is 27.7 Å². The average Bonchev–Trinajstić information content (AvgIpc) is 2.11. The fourth-order valence-electron chi connectivity index (χ4n) is 0.755. The molecular weight excluding hydrogens is 230 g/mol. The zero-order valence-corrected chi connectivity index (χ0v) is 10.9. The summed E-state index contributed by atoms with van der Waals surface area (Å²) in [6.45, 7) is 7.31. The lowest BCUT2D eigenvalue weighted by Crippen LogP contribution is -2.35. The van der Waals surface area contributed by atoms with Crippen molar-refractivity contribution < 1.29 is 19.1 Å². The van der Waals surface area contributed by atoms with Crippen molar-refractivity contribution in [3.63, 3.8) is 0 Å². The monoisotopic (exact) mass is 249 g/mol. The third-order valence-electron chi connectivity index (χ3n) is 1.36. The number of esters is 1. The van der Waals surface area contributed by atoms with E-state index in [0.717, 1.165) is 11.8 Å². The van der Waals surface area contributed by atoms with E-state index < -0.39 is 22.9 Å². The highest BCUT2D eigenvalue weighted by Crippen LogP contribution is 2.15. The van der Waals surface area contributed by atoms with Crippen LogP contribution in [0, 0.1) is 0 Å². The van der Waals surface area contributed by atoms with Crippen LogP contribution in [0.5, 0.6) is 0 Å². The van der Waals surface area contributed by atoms with Gasteiger partial charge in [0.15, 0.2) is 0 Å². The normalized spacial score (nSPS) is 13.1. The summed E-state index contributed by atoms with van der Waals surface area (Å²) in [6.07, 6.45) is 0. The Hall–Kier alpha value is -0.750. The van der Waals surface area contributed by atoms with E-state index in [1.807, 2.05) is 0 Å². The summed E-state index contributed by atoms with van der Waals surface area (Å²) in [5, 5.41) is -0.438. The molecule has 0 aliphatic carbocycles. The topological polar surface area (TPSA) is 78.6 Å². The maximum Gasteiger partial charge on any atom is 0.367 e. The third-order valence-corrected chi connectivity index (χ3v) is 2.20. The van der Waals surface area contributed by atoms with Crippen LogP contribution in [0.3, 0.4) is 0 Å². The minimum Gasteiger partial charge on any atom is -0.465 e. The van der Waals surface area contributed by atoms with Crippen molar-refractivity contribution >= 4 is 23.0 Å². The molecule has 0 saturated carbocycles. The maximum absolute atomic E-state index is 11.3. The molecule has 0 aromatic carbocycles. The lowest BCUT2D eigenvalue weighted by atomic mass is 10.2. The van der Waals surface area contributed by atoms with Crippen molar-refractivity contribution in [2.24, 2.45) is 5.73 Å². The Morgan fingerprint density at radius 3 is 2.38 bits per heavy atom. The molecule has 0 heterocycles. The maximum atomic E-state index is 11.3. The summed E-state index contributed by atoms with van der Waals surface area (Å²) in [4.78, 5) is 22.4. The fourth-order valence-corrected chi connectivity index (χ4v) is 1.52. The largest absolute Gasteiger partial charge is 0.465 e. The van der Waals surface area contributed by atoms with Gasteiger partial charge in [-0.1, -0.05) is 0 Å². The summed E-state index contributed by atoms with van der Waals surface area (Å²) >= 11 is 0.879. The molecule has 0 amide bonds. The summed E-state index contributed by atoms with van der Waals surface area (Å²) in [6, 6.07) is -0.794. The predicted octanol–water partition coefficient (Wildman–Crippen LogP) is 1.55. The molecule has 2 N–H and O–H groups in total. The molecule has 0 fully saturated rings. The molecule has 5 nitrogen and oxygen atoms in total. The van der Waals surface area contributed by atoms with Gasteiger partial charge < -0.3 is 15.2 Å². The first-order valence-electron chi connectivity index (χ1n) is 5.04. The van der Waals surface area contributed by atoms with Crippen LogP contribution in [0.15, 0.2) is 0 Å². The first-order chi connectivity index (χ1) is 7.26. The van der Waals surface area contributed by atoms with Crippen LogP contribution >= 0.6 is 11.8 Å². The van der Waals surface area contributed by atoms with Crippen LogP contribution in [0.2, 0.25) is 0 Å². The van der Waals surface area contributed by atoms with Gasteiger partial charge in [-0.3, -0.25) is 4.79 Å². The number of nitrogens with two attached hydrogens (primary N) is 1. The number of carbonyl (C=O) groups is 2. The van der Waals surface area contributed by atoms with Gasteiger partial charge in [-0.15, -0.1) is 0 Å². The van der Waals surface area contributed by atoms with E-state index in [9.17, 15) is 9.59 Å². The molecule has 0 spiro atoms. The molecule has 0 unspecified atom stereocenters. The SMILES string of the molecule is CCOC(=O)[C@@H](N)CSC(=O)OC(C)(C)C. The van der Waals surface area contributed by atoms with Gasteiger partial charge in [-0.25, -0.2) is 4.79 Å². The van der Waals surface area contributed by atoms with Crippen molar-refractivity contribution in [2.75, 3.05) is 12.4 Å². The third kappa shape index (κ3) is 7.53. The summed E-state index contributed by atoms with van der Waals surface area (Å²) in [7, 11) is 0. The van der Waals surface area contributed by atoms with Gasteiger partial charge in [0.05, 0.1) is 6.61 Å². The summed E-state index contributed by atoms with van der Waals surface area (Å²) < 4.78 is 9.75. The minimum atomic E-state index is -0.794. The Morgan fingerprint density at radius 2 is 1.94 bits per heavy atom. The lowest BCUT2D eigenvalue weighted by molar-refractivity contribution is -0.144.